The molecule has 0 spiro atoms. The minimum absolute atomic E-state index is 0.0121. The molecule has 164 valence electrons. The number of fused-ring (bicyclic) bond motifs is 1. The van der Waals surface area contributed by atoms with Crippen molar-refractivity contribution >= 4 is 58.1 Å². The van der Waals surface area contributed by atoms with Gasteiger partial charge in [-0.2, -0.15) is 0 Å². The maximum atomic E-state index is 13.1. The molecule has 0 radical (unpaired) electrons. The number of thiocarbonyl (C=S) groups is 2. The average Bonchev–Trinajstić information content (AvgIpc) is 3.17. The summed E-state index contributed by atoms with van der Waals surface area (Å²) in [4.78, 5) is 31.2. The summed E-state index contributed by atoms with van der Waals surface area (Å²) in [5.41, 5.74) is 4.45. The summed E-state index contributed by atoms with van der Waals surface area (Å²) >= 11 is 11.1. The molecule has 0 aromatic heterocycles. The molecule has 7 heteroatoms. The lowest BCUT2D eigenvalue weighted by molar-refractivity contribution is -0.123. The van der Waals surface area contributed by atoms with Crippen LogP contribution in [0.1, 0.15) is 43.5 Å². The molecule has 0 N–H and O–H groups in total. The maximum absolute atomic E-state index is 13.1. The number of amides is 2. The first-order valence-corrected chi connectivity index (χ1v) is 11.6. The van der Waals surface area contributed by atoms with Crippen molar-refractivity contribution in [3.8, 4) is 0 Å². The molecule has 1 atom stereocenters. The number of carbonyl (C=O) groups excluding carboxylic acids is 2. The Morgan fingerprint density at radius 2 is 1.75 bits per heavy atom. The van der Waals surface area contributed by atoms with Crippen molar-refractivity contribution in [2.75, 3.05) is 18.0 Å². The predicted octanol–water partition coefficient (Wildman–Crippen LogP) is 4.52. The minimum atomic E-state index is -0.166. The highest BCUT2D eigenvalue weighted by atomic mass is 32.1. The van der Waals surface area contributed by atoms with E-state index in [1.54, 1.807) is 11.8 Å². The third-order valence-corrected chi connectivity index (χ3v) is 6.85. The van der Waals surface area contributed by atoms with Crippen molar-refractivity contribution in [3.05, 3.63) is 70.8 Å². The Morgan fingerprint density at radius 3 is 2.38 bits per heavy atom. The number of benzene rings is 2. The molecule has 1 fully saturated rings. The molecule has 1 saturated heterocycles. The first-order chi connectivity index (χ1) is 15.4. The molecule has 0 aliphatic carbocycles. The third kappa shape index (κ3) is 3.76. The Kier molecular flexibility index (Phi) is 6.22. The number of hydrogen-bond donors (Lipinski definition) is 0. The van der Waals surface area contributed by atoms with Crippen LogP contribution >= 0.6 is 24.4 Å². The number of likely N-dealkylation sites (N-methyl/N-ethyl adjacent to an activating group) is 2. The Bertz CT molecular complexity index is 1120. The lowest BCUT2D eigenvalue weighted by atomic mass is 10.0. The Morgan fingerprint density at radius 1 is 1.06 bits per heavy atom. The highest BCUT2D eigenvalue weighted by Gasteiger charge is 2.36. The van der Waals surface area contributed by atoms with Gasteiger partial charge in [0.15, 0.2) is 5.11 Å². The SMILES string of the molecule is CCN1C(=O)/C(=C\c2ccc3c(c2)CC(c2ccccc2)N3C(C)=O)C(=S)N(CC)C1=S. The molecule has 2 aromatic carbocycles. The van der Waals surface area contributed by atoms with Crippen LogP contribution < -0.4 is 4.90 Å². The summed E-state index contributed by atoms with van der Waals surface area (Å²) in [6.07, 6.45) is 2.56. The van der Waals surface area contributed by atoms with E-state index in [0.29, 0.717) is 28.8 Å². The van der Waals surface area contributed by atoms with Gasteiger partial charge in [0.05, 0.1) is 11.6 Å². The van der Waals surface area contributed by atoms with Gasteiger partial charge in [0.2, 0.25) is 5.91 Å². The molecule has 5 nitrogen and oxygen atoms in total. The van der Waals surface area contributed by atoms with Crippen molar-refractivity contribution in [2.24, 2.45) is 0 Å². The van der Waals surface area contributed by atoms with E-state index in [-0.39, 0.29) is 17.9 Å². The Balaban J connectivity index is 1.72. The van der Waals surface area contributed by atoms with E-state index in [2.05, 4.69) is 18.2 Å². The topological polar surface area (TPSA) is 43.9 Å². The Hall–Kier alpha value is -2.90. The van der Waals surface area contributed by atoms with Crippen LogP contribution in [0.4, 0.5) is 5.69 Å². The van der Waals surface area contributed by atoms with Gasteiger partial charge >= 0.3 is 0 Å². The monoisotopic (exact) mass is 463 g/mol. The van der Waals surface area contributed by atoms with Gasteiger partial charge in [-0.05, 0) is 67.4 Å². The number of anilines is 1. The molecular weight excluding hydrogens is 438 g/mol. The van der Waals surface area contributed by atoms with Gasteiger partial charge in [0.25, 0.3) is 5.91 Å². The molecule has 4 rings (SSSR count). The zero-order chi connectivity index (χ0) is 23.0. The van der Waals surface area contributed by atoms with Crippen LogP contribution in [0, 0.1) is 0 Å². The highest BCUT2D eigenvalue weighted by molar-refractivity contribution is 7.82. The fourth-order valence-electron chi connectivity index (χ4n) is 4.44. The first kappa shape index (κ1) is 22.3. The molecule has 2 aliphatic heterocycles. The highest BCUT2D eigenvalue weighted by Crippen LogP contribution is 2.41. The van der Waals surface area contributed by atoms with Gasteiger partial charge in [-0.1, -0.05) is 48.6 Å². The predicted molar refractivity (Wildman–Crippen MR) is 135 cm³/mol. The number of rotatable bonds is 4. The summed E-state index contributed by atoms with van der Waals surface area (Å²) in [5, 5.41) is 0.457. The standard InChI is InChI=1S/C25H25N3O2S2/c1-4-26-23(30)20(24(31)27(5-2)25(26)32)14-17-11-12-21-19(13-17)15-22(28(21)16(3)29)18-9-7-6-8-10-18/h6-14,22H,4-5,15H2,1-3H3/b20-14+. The van der Waals surface area contributed by atoms with E-state index in [9.17, 15) is 9.59 Å². The molecular formula is C25H25N3O2S2. The van der Waals surface area contributed by atoms with E-state index in [1.807, 2.05) is 60.1 Å². The van der Waals surface area contributed by atoms with Crippen LogP contribution in [0.2, 0.25) is 0 Å². The second-order valence-corrected chi connectivity index (χ2v) is 8.60. The second-order valence-electron chi connectivity index (χ2n) is 7.85. The number of nitrogens with zero attached hydrogens (tertiary/aromatic N) is 3. The van der Waals surface area contributed by atoms with Gasteiger partial charge in [-0.25, -0.2) is 0 Å². The first-order valence-electron chi connectivity index (χ1n) is 10.7. The summed E-state index contributed by atoms with van der Waals surface area (Å²) in [7, 11) is 0. The summed E-state index contributed by atoms with van der Waals surface area (Å²) < 4.78 is 0. The van der Waals surface area contributed by atoms with Crippen LogP contribution in [-0.4, -0.2) is 44.8 Å². The van der Waals surface area contributed by atoms with Crippen LogP contribution in [0.3, 0.4) is 0 Å². The molecule has 0 bridgehead atoms. The Labute approximate surface area is 199 Å². The van der Waals surface area contributed by atoms with Crippen molar-refractivity contribution in [1.29, 1.82) is 0 Å². The van der Waals surface area contributed by atoms with E-state index in [1.165, 1.54) is 0 Å². The minimum Gasteiger partial charge on any atom is -0.309 e. The average molecular weight is 464 g/mol. The van der Waals surface area contributed by atoms with E-state index >= 15 is 0 Å². The van der Waals surface area contributed by atoms with Gasteiger partial charge in [-0.15, -0.1) is 0 Å². The third-order valence-electron chi connectivity index (χ3n) is 5.97. The van der Waals surface area contributed by atoms with Gasteiger partial charge < -0.3 is 9.80 Å². The fraction of sp³-hybridized carbons (Fsp3) is 0.280. The number of hydrogen-bond acceptors (Lipinski definition) is 4. The summed E-state index contributed by atoms with van der Waals surface area (Å²) in [5.74, 6) is -0.154. The quantitative estimate of drug-likeness (QED) is 0.493. The van der Waals surface area contributed by atoms with Crippen LogP contribution in [0.15, 0.2) is 54.1 Å². The lowest BCUT2D eigenvalue weighted by Crippen LogP contribution is -2.55. The molecule has 2 heterocycles. The second kappa shape index (κ2) is 8.92. The maximum Gasteiger partial charge on any atom is 0.263 e. The number of carbonyl (C=O) groups is 2. The summed E-state index contributed by atoms with van der Waals surface area (Å²) in [6, 6.07) is 16.0. The smallest absolute Gasteiger partial charge is 0.263 e. The van der Waals surface area contributed by atoms with Crippen LogP contribution in [0.5, 0.6) is 0 Å². The van der Waals surface area contributed by atoms with Crippen LogP contribution in [-0.2, 0) is 16.0 Å². The zero-order valence-corrected chi connectivity index (χ0v) is 20.0. The molecule has 1 unspecified atom stereocenters. The largest absolute Gasteiger partial charge is 0.309 e. The fourth-order valence-corrected chi connectivity index (χ4v) is 5.29. The van der Waals surface area contributed by atoms with Gasteiger partial charge in [-0.3, -0.25) is 14.5 Å². The van der Waals surface area contributed by atoms with Crippen molar-refractivity contribution in [1.82, 2.24) is 9.80 Å². The van der Waals surface area contributed by atoms with E-state index in [0.717, 1.165) is 28.8 Å². The normalized spacial score (nSPS) is 19.7. The zero-order valence-electron chi connectivity index (χ0n) is 18.4. The summed E-state index contributed by atoms with van der Waals surface area (Å²) in [6.45, 7) is 6.57. The van der Waals surface area contributed by atoms with Crippen molar-refractivity contribution in [2.45, 2.75) is 33.2 Å². The molecule has 0 saturated carbocycles. The van der Waals surface area contributed by atoms with E-state index in [4.69, 9.17) is 24.4 Å². The molecule has 32 heavy (non-hydrogen) atoms. The molecule has 2 aromatic rings. The van der Waals surface area contributed by atoms with Gasteiger partial charge in [0.1, 0.15) is 4.99 Å². The molecule has 2 amide bonds. The van der Waals surface area contributed by atoms with Gasteiger partial charge in [0, 0.05) is 25.7 Å². The van der Waals surface area contributed by atoms with Crippen molar-refractivity contribution in [3.63, 3.8) is 0 Å². The van der Waals surface area contributed by atoms with Crippen LogP contribution in [0.25, 0.3) is 6.08 Å². The lowest BCUT2D eigenvalue weighted by Gasteiger charge is -2.37. The van der Waals surface area contributed by atoms with Crippen molar-refractivity contribution < 1.29 is 9.59 Å². The van der Waals surface area contributed by atoms with E-state index < -0.39 is 0 Å². The molecule has 2 aliphatic rings.